The molecule has 0 radical (unpaired) electrons. The predicted molar refractivity (Wildman–Crippen MR) is 99.7 cm³/mol. The van der Waals surface area contributed by atoms with Gasteiger partial charge in [0.1, 0.15) is 12.2 Å². The Labute approximate surface area is 152 Å². The van der Waals surface area contributed by atoms with Gasteiger partial charge in [-0.2, -0.15) is 0 Å². The molecule has 0 saturated heterocycles. The minimum Gasteiger partial charge on any atom is -0.468 e. The average molecular weight is 348 g/mol. The van der Waals surface area contributed by atoms with E-state index in [0.29, 0.717) is 12.2 Å². The lowest BCUT2D eigenvalue weighted by Gasteiger charge is -2.22. The molecule has 0 N–H and O–H groups in total. The second-order valence-electron chi connectivity index (χ2n) is 6.05. The number of hydrogen-bond acceptors (Lipinski definition) is 4. The van der Waals surface area contributed by atoms with Gasteiger partial charge in [-0.05, 0) is 30.2 Å². The second kappa shape index (κ2) is 7.78. The monoisotopic (exact) mass is 348 g/mol. The topological polar surface area (TPSA) is 59.5 Å². The minimum atomic E-state index is -0.465. The van der Waals surface area contributed by atoms with E-state index in [2.05, 4.69) is 4.98 Å². The number of hydrogen-bond donors (Lipinski definition) is 0. The van der Waals surface area contributed by atoms with Gasteiger partial charge < -0.3 is 9.64 Å². The van der Waals surface area contributed by atoms with E-state index in [1.54, 1.807) is 6.07 Å². The summed E-state index contributed by atoms with van der Waals surface area (Å²) in [6.07, 6.45) is 0. The van der Waals surface area contributed by atoms with Gasteiger partial charge in [0.15, 0.2) is 0 Å². The van der Waals surface area contributed by atoms with Gasteiger partial charge in [-0.1, -0.05) is 48.5 Å². The van der Waals surface area contributed by atoms with Gasteiger partial charge in [0.05, 0.1) is 12.6 Å². The summed E-state index contributed by atoms with van der Waals surface area (Å²) >= 11 is 0. The first-order valence-corrected chi connectivity index (χ1v) is 8.35. The van der Waals surface area contributed by atoms with Crippen LogP contribution in [-0.4, -0.2) is 35.4 Å². The summed E-state index contributed by atoms with van der Waals surface area (Å²) in [4.78, 5) is 30.7. The Bertz CT molecular complexity index is 953. The van der Waals surface area contributed by atoms with Crippen molar-refractivity contribution in [2.45, 2.75) is 13.5 Å². The number of ether oxygens (including phenoxy) is 1. The normalized spacial score (nSPS) is 10.5. The molecule has 0 fully saturated rings. The Morgan fingerprint density at radius 1 is 1.00 bits per heavy atom. The van der Waals surface area contributed by atoms with Crippen LogP contribution in [0.4, 0.5) is 0 Å². The highest BCUT2D eigenvalue weighted by atomic mass is 16.5. The van der Waals surface area contributed by atoms with Crippen molar-refractivity contribution in [1.82, 2.24) is 9.88 Å². The molecule has 0 aliphatic carbocycles. The molecular formula is C21H20N2O3. The van der Waals surface area contributed by atoms with Crippen LogP contribution in [0.2, 0.25) is 0 Å². The summed E-state index contributed by atoms with van der Waals surface area (Å²) in [6, 6.07) is 18.9. The molecule has 0 aliphatic rings. The van der Waals surface area contributed by atoms with Crippen molar-refractivity contribution in [1.29, 1.82) is 0 Å². The Morgan fingerprint density at radius 3 is 2.50 bits per heavy atom. The molecule has 5 nitrogen and oxygen atoms in total. The maximum absolute atomic E-state index is 13.0. The van der Waals surface area contributed by atoms with E-state index in [0.717, 1.165) is 22.0 Å². The predicted octanol–water partition coefficient (Wildman–Crippen LogP) is 3.36. The van der Waals surface area contributed by atoms with E-state index >= 15 is 0 Å². The molecule has 1 aromatic heterocycles. The van der Waals surface area contributed by atoms with Crippen molar-refractivity contribution in [2.75, 3.05) is 13.7 Å². The van der Waals surface area contributed by atoms with Crippen molar-refractivity contribution < 1.29 is 14.3 Å². The van der Waals surface area contributed by atoms with Gasteiger partial charge >= 0.3 is 5.97 Å². The standard InChI is InChI=1S/C21H20N2O3/c1-15-7-3-4-9-17(15)13-23(14-20(24)26-2)21(25)19-12-11-16-8-5-6-10-18(16)22-19/h3-12H,13-14H2,1-2H3. The van der Waals surface area contributed by atoms with Crippen LogP contribution in [0.25, 0.3) is 10.9 Å². The number of benzene rings is 2. The summed E-state index contributed by atoms with van der Waals surface area (Å²) < 4.78 is 4.75. The van der Waals surface area contributed by atoms with Crippen molar-refractivity contribution >= 4 is 22.8 Å². The number of methoxy groups -OCH3 is 1. The Hall–Kier alpha value is -3.21. The maximum atomic E-state index is 13.0. The number of pyridine rings is 1. The van der Waals surface area contributed by atoms with E-state index in [-0.39, 0.29) is 12.5 Å². The van der Waals surface area contributed by atoms with Crippen LogP contribution in [0, 0.1) is 6.92 Å². The second-order valence-corrected chi connectivity index (χ2v) is 6.05. The molecule has 0 bridgehead atoms. The van der Waals surface area contributed by atoms with Gasteiger partial charge in [-0.15, -0.1) is 0 Å². The van der Waals surface area contributed by atoms with Crippen LogP contribution < -0.4 is 0 Å². The molecule has 26 heavy (non-hydrogen) atoms. The highest BCUT2D eigenvalue weighted by Crippen LogP contribution is 2.16. The number of aryl methyl sites for hydroxylation is 1. The van der Waals surface area contributed by atoms with Crippen molar-refractivity contribution in [3.8, 4) is 0 Å². The fraction of sp³-hybridized carbons (Fsp3) is 0.190. The van der Waals surface area contributed by atoms with Crippen molar-refractivity contribution in [3.63, 3.8) is 0 Å². The van der Waals surface area contributed by atoms with Crippen LogP contribution in [0.5, 0.6) is 0 Å². The lowest BCUT2D eigenvalue weighted by molar-refractivity contribution is -0.141. The van der Waals surface area contributed by atoms with E-state index in [9.17, 15) is 9.59 Å². The number of aromatic nitrogens is 1. The number of rotatable bonds is 5. The largest absolute Gasteiger partial charge is 0.468 e. The van der Waals surface area contributed by atoms with Gasteiger partial charge in [0.25, 0.3) is 5.91 Å². The molecule has 0 aliphatic heterocycles. The van der Waals surface area contributed by atoms with Crippen LogP contribution in [0.1, 0.15) is 21.6 Å². The Balaban J connectivity index is 1.92. The average Bonchev–Trinajstić information content (AvgIpc) is 2.68. The molecule has 2 aromatic carbocycles. The SMILES string of the molecule is COC(=O)CN(Cc1ccccc1C)C(=O)c1ccc2ccccc2n1. The van der Waals surface area contributed by atoms with Gasteiger partial charge in [-0.3, -0.25) is 9.59 Å². The zero-order chi connectivity index (χ0) is 18.5. The summed E-state index contributed by atoms with van der Waals surface area (Å²) in [5.41, 5.74) is 3.08. The summed E-state index contributed by atoms with van der Waals surface area (Å²) in [5.74, 6) is -0.767. The molecule has 5 heteroatoms. The minimum absolute atomic E-state index is 0.127. The van der Waals surface area contributed by atoms with E-state index in [4.69, 9.17) is 4.74 Å². The highest BCUT2D eigenvalue weighted by molar-refractivity contribution is 5.96. The van der Waals surface area contributed by atoms with Crippen LogP contribution in [0.3, 0.4) is 0 Å². The van der Waals surface area contributed by atoms with E-state index in [1.165, 1.54) is 12.0 Å². The van der Waals surface area contributed by atoms with Crippen molar-refractivity contribution in [2.24, 2.45) is 0 Å². The van der Waals surface area contributed by atoms with E-state index in [1.807, 2.05) is 61.5 Å². The number of carbonyl (C=O) groups excluding carboxylic acids is 2. The molecule has 0 unspecified atom stereocenters. The third kappa shape index (κ3) is 3.88. The van der Waals surface area contributed by atoms with Gasteiger partial charge in [0, 0.05) is 11.9 Å². The van der Waals surface area contributed by atoms with Crippen LogP contribution in [-0.2, 0) is 16.1 Å². The molecule has 1 heterocycles. The first-order chi connectivity index (χ1) is 12.6. The third-order valence-corrected chi connectivity index (χ3v) is 4.27. The number of amides is 1. The highest BCUT2D eigenvalue weighted by Gasteiger charge is 2.21. The number of carbonyl (C=O) groups is 2. The molecule has 1 amide bonds. The summed E-state index contributed by atoms with van der Waals surface area (Å²) in [6.45, 7) is 2.16. The number of nitrogens with zero attached hydrogens (tertiary/aromatic N) is 2. The lowest BCUT2D eigenvalue weighted by Crippen LogP contribution is -2.36. The van der Waals surface area contributed by atoms with Crippen LogP contribution >= 0.6 is 0 Å². The third-order valence-electron chi connectivity index (χ3n) is 4.27. The number of para-hydroxylation sites is 1. The zero-order valence-electron chi connectivity index (χ0n) is 14.8. The molecule has 132 valence electrons. The number of esters is 1. The Kier molecular flexibility index (Phi) is 5.27. The van der Waals surface area contributed by atoms with Gasteiger partial charge in [0.2, 0.25) is 0 Å². The van der Waals surface area contributed by atoms with E-state index < -0.39 is 5.97 Å². The molecule has 0 saturated carbocycles. The zero-order valence-corrected chi connectivity index (χ0v) is 14.8. The van der Waals surface area contributed by atoms with Gasteiger partial charge in [-0.25, -0.2) is 4.98 Å². The molecule has 0 atom stereocenters. The van der Waals surface area contributed by atoms with Crippen molar-refractivity contribution in [3.05, 3.63) is 77.5 Å². The molecule has 0 spiro atoms. The molecular weight excluding hydrogens is 328 g/mol. The Morgan fingerprint density at radius 2 is 1.73 bits per heavy atom. The molecule has 3 rings (SSSR count). The quantitative estimate of drug-likeness (QED) is 0.664. The fourth-order valence-electron chi connectivity index (χ4n) is 2.76. The summed E-state index contributed by atoms with van der Waals surface area (Å²) in [5, 5.41) is 0.961. The lowest BCUT2D eigenvalue weighted by atomic mass is 10.1. The summed E-state index contributed by atoms with van der Waals surface area (Å²) in [7, 11) is 1.31. The molecule has 3 aromatic rings. The smallest absolute Gasteiger partial charge is 0.325 e. The fourth-order valence-corrected chi connectivity index (χ4v) is 2.76. The first kappa shape index (κ1) is 17.6. The van der Waals surface area contributed by atoms with Crippen LogP contribution in [0.15, 0.2) is 60.7 Å². The number of fused-ring (bicyclic) bond motifs is 1. The maximum Gasteiger partial charge on any atom is 0.325 e. The first-order valence-electron chi connectivity index (χ1n) is 8.35.